The molecule has 1 saturated heterocycles. The van der Waals surface area contributed by atoms with Crippen molar-refractivity contribution >= 4 is 17.9 Å². The summed E-state index contributed by atoms with van der Waals surface area (Å²) in [5.74, 6) is 1.87. The van der Waals surface area contributed by atoms with Gasteiger partial charge in [-0.2, -0.15) is 0 Å². The Hall–Kier alpha value is -5.51. The molecule has 2 aliphatic rings. The van der Waals surface area contributed by atoms with Gasteiger partial charge < -0.3 is 34.5 Å². The van der Waals surface area contributed by atoms with Crippen LogP contribution in [0.15, 0.2) is 91.0 Å². The molecule has 2 N–H and O–H groups in total. The highest BCUT2D eigenvalue weighted by atomic mass is 16.6. The highest BCUT2D eigenvalue weighted by molar-refractivity contribution is 6.00. The van der Waals surface area contributed by atoms with Crippen LogP contribution in [0.4, 0.5) is 4.79 Å². The van der Waals surface area contributed by atoms with Crippen LogP contribution >= 0.6 is 0 Å². The van der Waals surface area contributed by atoms with Crippen LogP contribution in [0.1, 0.15) is 68.1 Å². The number of nitrogens with zero attached hydrogens (tertiary/aromatic N) is 1. The van der Waals surface area contributed by atoms with Gasteiger partial charge in [0.05, 0.1) is 19.8 Å². The first-order chi connectivity index (χ1) is 24.0. The third-order valence-electron chi connectivity index (χ3n) is 8.96. The Balaban J connectivity index is 1.28. The Kier molecular flexibility index (Phi) is 9.72. The molecule has 0 aromatic heterocycles. The minimum absolute atomic E-state index is 0.189. The second kappa shape index (κ2) is 14.2. The van der Waals surface area contributed by atoms with Gasteiger partial charge in [-0.25, -0.2) is 4.79 Å². The van der Waals surface area contributed by atoms with Gasteiger partial charge in [0.1, 0.15) is 34.1 Å². The monoisotopic (exact) mass is 677 g/mol. The smallest absolute Gasteiger partial charge is 0.410 e. The summed E-state index contributed by atoms with van der Waals surface area (Å²) in [5.41, 5.74) is 1.90. The molecule has 1 unspecified atom stereocenters. The molecule has 2 heterocycles. The predicted molar refractivity (Wildman–Crippen MR) is 190 cm³/mol. The maximum absolute atomic E-state index is 14.6. The first kappa shape index (κ1) is 34.4. The molecule has 3 amide bonds. The van der Waals surface area contributed by atoms with Gasteiger partial charge in [0.25, 0.3) is 5.91 Å². The van der Waals surface area contributed by atoms with Crippen LogP contribution in [0.5, 0.6) is 23.0 Å². The van der Waals surface area contributed by atoms with E-state index in [-0.39, 0.29) is 37.7 Å². The Morgan fingerprint density at radius 3 is 2.10 bits per heavy atom. The maximum atomic E-state index is 14.6. The molecule has 50 heavy (non-hydrogen) atoms. The van der Waals surface area contributed by atoms with Crippen LogP contribution in [0.25, 0.3) is 11.1 Å². The van der Waals surface area contributed by atoms with E-state index in [0.717, 1.165) is 28.0 Å². The van der Waals surface area contributed by atoms with Crippen molar-refractivity contribution in [3.63, 3.8) is 0 Å². The predicted octanol–water partition coefficient (Wildman–Crippen LogP) is 7.27. The fourth-order valence-corrected chi connectivity index (χ4v) is 6.31. The average Bonchev–Trinajstić information content (AvgIpc) is 3.11. The van der Waals surface area contributed by atoms with E-state index >= 15 is 0 Å². The van der Waals surface area contributed by atoms with Crippen molar-refractivity contribution in [3.8, 4) is 34.1 Å². The summed E-state index contributed by atoms with van der Waals surface area (Å²) < 4.78 is 22.8. The van der Waals surface area contributed by atoms with Gasteiger partial charge in [-0.15, -0.1) is 0 Å². The first-order valence-corrected chi connectivity index (χ1v) is 16.9. The molecule has 4 aromatic carbocycles. The molecule has 6 rings (SSSR count). The zero-order valence-corrected chi connectivity index (χ0v) is 29.1. The number of carbonyl (C=O) groups is 3. The molecular formula is C40H43N3O7. The van der Waals surface area contributed by atoms with E-state index in [1.54, 1.807) is 24.1 Å². The quantitative estimate of drug-likeness (QED) is 0.202. The highest BCUT2D eigenvalue weighted by Crippen LogP contribution is 2.44. The van der Waals surface area contributed by atoms with E-state index in [9.17, 15) is 14.4 Å². The summed E-state index contributed by atoms with van der Waals surface area (Å²) >= 11 is 0. The molecule has 1 fully saturated rings. The number of carbonyl (C=O) groups excluding carboxylic acids is 3. The first-order valence-electron chi connectivity index (χ1n) is 16.9. The lowest BCUT2D eigenvalue weighted by atomic mass is 9.84. The summed E-state index contributed by atoms with van der Waals surface area (Å²) in [6, 6.07) is 27.5. The van der Waals surface area contributed by atoms with Gasteiger partial charge >= 0.3 is 6.09 Å². The van der Waals surface area contributed by atoms with Crippen LogP contribution in [-0.2, 0) is 9.53 Å². The number of hydrogen-bond acceptors (Lipinski definition) is 7. The average molecular weight is 678 g/mol. The molecule has 1 atom stereocenters. The van der Waals surface area contributed by atoms with E-state index in [1.165, 1.54) is 0 Å². The summed E-state index contributed by atoms with van der Waals surface area (Å²) in [5, 5.41) is 6.35. The number of para-hydroxylation sites is 1. The van der Waals surface area contributed by atoms with Gasteiger partial charge in [-0.05, 0) is 94.1 Å². The van der Waals surface area contributed by atoms with E-state index in [2.05, 4.69) is 10.6 Å². The van der Waals surface area contributed by atoms with Crippen molar-refractivity contribution in [3.05, 3.63) is 108 Å². The molecule has 0 saturated carbocycles. The van der Waals surface area contributed by atoms with Crippen LogP contribution in [0, 0.1) is 0 Å². The minimum atomic E-state index is -1.32. The van der Waals surface area contributed by atoms with Crippen molar-refractivity contribution in [2.24, 2.45) is 0 Å². The molecule has 0 aliphatic carbocycles. The molecular weight excluding hydrogens is 634 g/mol. The van der Waals surface area contributed by atoms with Gasteiger partial charge in [-0.3, -0.25) is 9.59 Å². The number of fused-ring (bicyclic) bond motifs is 2. The number of methoxy groups -OCH3 is 1. The number of amides is 3. The van der Waals surface area contributed by atoms with E-state index < -0.39 is 23.3 Å². The summed E-state index contributed by atoms with van der Waals surface area (Å²) in [7, 11) is 1.62. The number of nitrogens with one attached hydrogen (secondary N) is 2. The number of rotatable bonds is 8. The Morgan fingerprint density at radius 2 is 1.46 bits per heavy atom. The van der Waals surface area contributed by atoms with Crippen molar-refractivity contribution in [1.82, 2.24) is 15.5 Å². The summed E-state index contributed by atoms with van der Waals surface area (Å²) in [6.07, 6.45) is -0.0758. The normalized spacial score (nSPS) is 16.2. The van der Waals surface area contributed by atoms with Gasteiger partial charge in [0.2, 0.25) is 5.91 Å². The lowest BCUT2D eigenvalue weighted by Gasteiger charge is -2.42. The van der Waals surface area contributed by atoms with Crippen molar-refractivity contribution in [1.29, 1.82) is 0 Å². The largest absolute Gasteiger partial charge is 0.497 e. The molecule has 10 nitrogen and oxygen atoms in total. The topological polar surface area (TPSA) is 115 Å². The van der Waals surface area contributed by atoms with Crippen molar-refractivity contribution < 1.29 is 33.3 Å². The Bertz CT molecular complexity index is 1860. The molecule has 0 spiro atoms. The number of hydrogen-bond donors (Lipinski definition) is 2. The summed E-state index contributed by atoms with van der Waals surface area (Å²) in [6.45, 7) is 8.29. The van der Waals surface area contributed by atoms with E-state index in [1.807, 2.05) is 107 Å². The van der Waals surface area contributed by atoms with Gasteiger partial charge in [0, 0.05) is 35.8 Å². The van der Waals surface area contributed by atoms with Gasteiger partial charge in [0.15, 0.2) is 0 Å². The fraction of sp³-hybridized carbons (Fsp3) is 0.325. The lowest BCUT2D eigenvalue weighted by molar-refractivity contribution is -0.130. The second-order valence-corrected chi connectivity index (χ2v) is 13.5. The van der Waals surface area contributed by atoms with Crippen LogP contribution < -0.4 is 24.8 Å². The molecule has 4 aromatic rings. The third-order valence-corrected chi connectivity index (χ3v) is 8.96. The zero-order valence-electron chi connectivity index (χ0n) is 29.1. The molecule has 10 heteroatoms. The fourth-order valence-electron chi connectivity index (χ4n) is 6.31. The number of likely N-dealkylation sites (tertiary alicyclic amines) is 1. The second-order valence-electron chi connectivity index (χ2n) is 13.5. The van der Waals surface area contributed by atoms with Crippen LogP contribution in [0.2, 0.25) is 0 Å². The zero-order chi connectivity index (χ0) is 35.5. The SMILES string of the molecule is CCOc1ccc2c(c1)Oc1ccccc1C2NC(=O)C1(NC(=O)c2ccc(-c3ccc(OC)cc3)cc2)CCN(C(=O)OC(C)(C)C)CC1. The maximum Gasteiger partial charge on any atom is 0.410 e. The third kappa shape index (κ3) is 7.39. The van der Waals surface area contributed by atoms with Crippen molar-refractivity contribution in [2.75, 3.05) is 26.8 Å². The summed E-state index contributed by atoms with van der Waals surface area (Å²) in [4.78, 5) is 43.1. The number of ether oxygens (including phenoxy) is 4. The van der Waals surface area contributed by atoms with E-state index in [0.29, 0.717) is 29.4 Å². The standard InChI is InChI=1S/C40H43N3O7/c1-6-48-30-19-20-32-34(25-30)49-33-10-8-7-9-31(33)35(32)41-37(45)40(21-23-43(24-22-40)38(46)50-39(2,3)4)42-36(44)28-13-11-26(12-14-28)27-15-17-29(47-5)18-16-27/h7-20,25,35H,6,21-24H2,1-5H3,(H,41,45)(H,42,44). The van der Waals surface area contributed by atoms with Gasteiger partial charge in [-0.1, -0.05) is 42.5 Å². The van der Waals surface area contributed by atoms with E-state index in [4.69, 9.17) is 18.9 Å². The van der Waals surface area contributed by atoms with Crippen molar-refractivity contribution in [2.45, 2.75) is 57.7 Å². The van der Waals surface area contributed by atoms with Crippen LogP contribution in [-0.4, -0.2) is 60.8 Å². The molecule has 2 aliphatic heterocycles. The van der Waals surface area contributed by atoms with Crippen LogP contribution in [0.3, 0.4) is 0 Å². The Labute approximate surface area is 292 Å². The highest BCUT2D eigenvalue weighted by Gasteiger charge is 2.46. The lowest BCUT2D eigenvalue weighted by Crippen LogP contribution is -2.64. The number of benzene rings is 4. The number of piperidine rings is 1. The Morgan fingerprint density at radius 1 is 0.840 bits per heavy atom. The molecule has 0 radical (unpaired) electrons. The molecule has 260 valence electrons. The minimum Gasteiger partial charge on any atom is -0.497 e. The molecule has 0 bridgehead atoms.